The fraction of sp³-hybridized carbons (Fsp3) is 0.235. The van der Waals surface area contributed by atoms with E-state index in [2.05, 4.69) is 15.5 Å². The van der Waals surface area contributed by atoms with Gasteiger partial charge in [-0.2, -0.15) is 0 Å². The van der Waals surface area contributed by atoms with Crippen LogP contribution < -0.4 is 10.1 Å². The summed E-state index contributed by atoms with van der Waals surface area (Å²) in [5, 5.41) is 11.8. The van der Waals surface area contributed by atoms with Crippen LogP contribution in [0.5, 0.6) is 5.75 Å². The van der Waals surface area contributed by atoms with Crippen molar-refractivity contribution < 1.29 is 9.53 Å². The number of benzene rings is 1. The molecule has 130 valence electrons. The van der Waals surface area contributed by atoms with Gasteiger partial charge in [0.1, 0.15) is 5.75 Å². The molecular formula is C17H19N5O2S. The molecule has 3 aromatic rings. The van der Waals surface area contributed by atoms with Gasteiger partial charge >= 0.3 is 0 Å². The maximum absolute atomic E-state index is 12.3. The summed E-state index contributed by atoms with van der Waals surface area (Å²) in [6.07, 6.45) is 3.80. The molecule has 3 rings (SSSR count). The topological polar surface area (TPSA) is 74.0 Å². The number of anilines is 1. The van der Waals surface area contributed by atoms with Gasteiger partial charge in [0.2, 0.25) is 11.1 Å². The quantitative estimate of drug-likeness (QED) is 0.658. The first-order chi connectivity index (χ1) is 12.2. The number of hydrogen-bond donors (Lipinski definition) is 1. The number of thioether (sulfide) groups is 1. The Hall–Kier alpha value is -2.74. The molecule has 0 atom stereocenters. The SMILES string of the molecule is CCOc1ccccc1NC(=O)CSc1nnc(C)n1-n1cccc1. The third-order valence-corrected chi connectivity index (χ3v) is 4.30. The highest BCUT2D eigenvalue weighted by molar-refractivity contribution is 7.99. The van der Waals surface area contributed by atoms with Gasteiger partial charge in [-0.05, 0) is 38.1 Å². The number of aromatic nitrogens is 4. The predicted molar refractivity (Wildman–Crippen MR) is 97.0 cm³/mol. The summed E-state index contributed by atoms with van der Waals surface area (Å²) in [4.78, 5) is 12.3. The smallest absolute Gasteiger partial charge is 0.234 e. The maximum Gasteiger partial charge on any atom is 0.234 e. The van der Waals surface area contributed by atoms with Crippen molar-refractivity contribution in [2.75, 3.05) is 17.7 Å². The third kappa shape index (κ3) is 4.03. The molecule has 0 aliphatic heterocycles. The van der Waals surface area contributed by atoms with E-state index in [1.807, 2.05) is 72.0 Å². The molecule has 0 bridgehead atoms. The molecule has 1 N–H and O–H groups in total. The van der Waals surface area contributed by atoms with E-state index in [-0.39, 0.29) is 11.7 Å². The average Bonchev–Trinajstić information content (AvgIpc) is 3.24. The van der Waals surface area contributed by atoms with Crippen LogP contribution in [0, 0.1) is 6.92 Å². The highest BCUT2D eigenvalue weighted by Crippen LogP contribution is 2.24. The zero-order chi connectivity index (χ0) is 17.6. The lowest BCUT2D eigenvalue weighted by atomic mass is 10.3. The highest BCUT2D eigenvalue weighted by Gasteiger charge is 2.14. The molecule has 0 saturated heterocycles. The zero-order valence-corrected chi connectivity index (χ0v) is 14.9. The number of carbonyl (C=O) groups excluding carboxylic acids is 1. The molecular weight excluding hydrogens is 338 g/mol. The highest BCUT2D eigenvalue weighted by atomic mass is 32.2. The first-order valence-electron chi connectivity index (χ1n) is 7.89. The third-order valence-electron chi connectivity index (χ3n) is 3.38. The fourth-order valence-corrected chi connectivity index (χ4v) is 3.10. The van der Waals surface area contributed by atoms with E-state index in [1.165, 1.54) is 11.8 Å². The molecule has 0 aliphatic rings. The van der Waals surface area contributed by atoms with E-state index in [1.54, 1.807) is 0 Å². The molecule has 0 aliphatic carbocycles. The van der Waals surface area contributed by atoms with Crippen LogP contribution in [0.2, 0.25) is 0 Å². The van der Waals surface area contributed by atoms with Crippen molar-refractivity contribution >= 4 is 23.4 Å². The Balaban J connectivity index is 1.66. The number of nitrogens with zero attached hydrogens (tertiary/aromatic N) is 4. The lowest BCUT2D eigenvalue weighted by Gasteiger charge is -2.11. The molecule has 0 radical (unpaired) electrons. The van der Waals surface area contributed by atoms with Crippen LogP contribution >= 0.6 is 11.8 Å². The molecule has 2 aromatic heterocycles. The molecule has 0 unspecified atom stereocenters. The van der Waals surface area contributed by atoms with Crippen molar-refractivity contribution in [1.29, 1.82) is 0 Å². The monoisotopic (exact) mass is 357 g/mol. The minimum Gasteiger partial charge on any atom is -0.492 e. The largest absolute Gasteiger partial charge is 0.492 e. The van der Waals surface area contributed by atoms with Crippen LogP contribution in [0.15, 0.2) is 53.9 Å². The van der Waals surface area contributed by atoms with E-state index in [0.29, 0.717) is 23.2 Å². The lowest BCUT2D eigenvalue weighted by Crippen LogP contribution is -2.16. The fourth-order valence-electron chi connectivity index (χ4n) is 2.32. The van der Waals surface area contributed by atoms with Crippen molar-refractivity contribution in [2.45, 2.75) is 19.0 Å². The second kappa shape index (κ2) is 7.89. The van der Waals surface area contributed by atoms with Gasteiger partial charge in [0.05, 0.1) is 18.0 Å². The Morgan fingerprint density at radius 3 is 2.72 bits per heavy atom. The summed E-state index contributed by atoms with van der Waals surface area (Å²) in [5.41, 5.74) is 0.665. The van der Waals surface area contributed by atoms with Gasteiger partial charge in [0.25, 0.3) is 0 Å². The van der Waals surface area contributed by atoms with Crippen molar-refractivity contribution in [3.8, 4) is 5.75 Å². The first-order valence-corrected chi connectivity index (χ1v) is 8.87. The minimum atomic E-state index is -0.128. The predicted octanol–water partition coefficient (Wildman–Crippen LogP) is 2.83. The van der Waals surface area contributed by atoms with Crippen molar-refractivity contribution in [1.82, 2.24) is 19.5 Å². The number of amides is 1. The van der Waals surface area contributed by atoms with Gasteiger partial charge in [-0.25, -0.2) is 4.68 Å². The summed E-state index contributed by atoms with van der Waals surface area (Å²) < 4.78 is 9.25. The molecule has 0 spiro atoms. The summed E-state index contributed by atoms with van der Waals surface area (Å²) >= 11 is 1.33. The van der Waals surface area contributed by atoms with Gasteiger partial charge in [0, 0.05) is 12.4 Å². The standard InChI is InChI=1S/C17H19N5O2S/c1-3-24-15-9-5-4-8-14(15)18-16(23)12-25-17-20-19-13(2)22(17)21-10-6-7-11-21/h4-11H,3,12H2,1-2H3,(H,18,23). The number of carbonyl (C=O) groups is 1. The molecule has 0 saturated carbocycles. The number of nitrogens with one attached hydrogen (secondary N) is 1. The van der Waals surface area contributed by atoms with E-state index in [9.17, 15) is 4.79 Å². The number of hydrogen-bond acceptors (Lipinski definition) is 5. The summed E-state index contributed by atoms with van der Waals surface area (Å²) in [5.74, 6) is 1.51. The molecule has 25 heavy (non-hydrogen) atoms. The lowest BCUT2D eigenvalue weighted by molar-refractivity contribution is -0.113. The van der Waals surface area contributed by atoms with Crippen LogP contribution in [0.3, 0.4) is 0 Å². The number of para-hydroxylation sites is 2. The van der Waals surface area contributed by atoms with Crippen molar-refractivity contribution in [3.63, 3.8) is 0 Å². The van der Waals surface area contributed by atoms with Gasteiger partial charge in [-0.3, -0.25) is 9.47 Å². The number of ether oxygens (including phenoxy) is 1. The summed E-state index contributed by atoms with van der Waals surface area (Å²) in [6, 6.07) is 11.2. The van der Waals surface area contributed by atoms with Crippen LogP contribution in [-0.4, -0.2) is 37.8 Å². The van der Waals surface area contributed by atoms with Crippen molar-refractivity contribution in [3.05, 3.63) is 54.6 Å². The van der Waals surface area contributed by atoms with E-state index in [4.69, 9.17) is 4.74 Å². The Labute approximate surface area is 150 Å². The van der Waals surface area contributed by atoms with Gasteiger partial charge in [0.15, 0.2) is 5.82 Å². The van der Waals surface area contributed by atoms with Gasteiger partial charge in [-0.15, -0.1) is 10.2 Å². The minimum absolute atomic E-state index is 0.128. The molecule has 8 heteroatoms. The summed E-state index contributed by atoms with van der Waals surface area (Å²) in [6.45, 7) is 4.32. The molecule has 1 amide bonds. The molecule has 7 nitrogen and oxygen atoms in total. The van der Waals surface area contributed by atoms with Crippen LogP contribution in [0.25, 0.3) is 0 Å². The maximum atomic E-state index is 12.3. The molecule has 2 heterocycles. The molecule has 1 aromatic carbocycles. The zero-order valence-electron chi connectivity index (χ0n) is 14.0. The number of aryl methyl sites for hydroxylation is 1. The Morgan fingerprint density at radius 2 is 1.96 bits per heavy atom. The van der Waals surface area contributed by atoms with E-state index >= 15 is 0 Å². The van der Waals surface area contributed by atoms with E-state index < -0.39 is 0 Å². The van der Waals surface area contributed by atoms with Crippen LogP contribution in [0.4, 0.5) is 5.69 Å². The second-order valence-corrected chi connectivity index (χ2v) is 6.11. The van der Waals surface area contributed by atoms with Gasteiger partial charge < -0.3 is 10.1 Å². The van der Waals surface area contributed by atoms with Gasteiger partial charge in [-0.1, -0.05) is 23.9 Å². The average molecular weight is 357 g/mol. The van der Waals surface area contributed by atoms with Crippen LogP contribution in [0.1, 0.15) is 12.7 Å². The molecule has 0 fully saturated rings. The Kier molecular flexibility index (Phi) is 5.39. The Bertz CT molecular complexity index is 845. The first kappa shape index (κ1) is 17.1. The van der Waals surface area contributed by atoms with Crippen molar-refractivity contribution in [2.24, 2.45) is 0 Å². The Morgan fingerprint density at radius 1 is 1.20 bits per heavy atom. The number of rotatable bonds is 7. The summed E-state index contributed by atoms with van der Waals surface area (Å²) in [7, 11) is 0. The second-order valence-electron chi connectivity index (χ2n) is 5.17. The van der Waals surface area contributed by atoms with E-state index in [0.717, 1.165) is 5.82 Å². The normalized spacial score (nSPS) is 10.6. The van der Waals surface area contributed by atoms with Crippen LogP contribution in [-0.2, 0) is 4.79 Å².